The monoisotopic (exact) mass is 217 g/mol. The van der Waals surface area contributed by atoms with Crippen molar-refractivity contribution < 1.29 is 9.84 Å². The van der Waals surface area contributed by atoms with Gasteiger partial charge in [0, 0.05) is 19.7 Å². The van der Waals surface area contributed by atoms with Crippen molar-refractivity contribution in [2.45, 2.75) is 40.7 Å². The molecule has 0 aliphatic carbocycles. The molecule has 0 fully saturated rings. The highest BCUT2D eigenvalue weighted by atomic mass is 16.5. The van der Waals surface area contributed by atoms with Crippen molar-refractivity contribution in [1.82, 2.24) is 5.32 Å². The first-order valence-electron chi connectivity index (χ1n) is 5.86. The van der Waals surface area contributed by atoms with E-state index in [1.165, 1.54) is 0 Å². The molecule has 92 valence electrons. The molecule has 3 heteroatoms. The second kappa shape index (κ2) is 7.20. The fourth-order valence-corrected chi connectivity index (χ4v) is 1.08. The highest BCUT2D eigenvalue weighted by Gasteiger charge is 2.21. The summed E-state index contributed by atoms with van der Waals surface area (Å²) in [6.07, 6.45) is -0.395. The average molecular weight is 217 g/mol. The Morgan fingerprint density at radius 3 is 2.40 bits per heavy atom. The minimum absolute atomic E-state index is 0.269. The Hall–Kier alpha value is -0.120. The van der Waals surface area contributed by atoms with Crippen LogP contribution in [0.3, 0.4) is 0 Å². The van der Waals surface area contributed by atoms with E-state index in [1.807, 2.05) is 6.92 Å². The van der Waals surface area contributed by atoms with Crippen molar-refractivity contribution in [3.05, 3.63) is 0 Å². The van der Waals surface area contributed by atoms with Crippen molar-refractivity contribution in [1.29, 1.82) is 0 Å². The summed E-state index contributed by atoms with van der Waals surface area (Å²) in [7, 11) is 0. The number of hydrogen-bond acceptors (Lipinski definition) is 3. The molecule has 0 amide bonds. The number of hydrogen-bond donors (Lipinski definition) is 2. The topological polar surface area (TPSA) is 41.5 Å². The zero-order valence-corrected chi connectivity index (χ0v) is 10.8. The third-order valence-corrected chi connectivity index (χ3v) is 3.04. The summed E-state index contributed by atoms with van der Waals surface area (Å²) in [4.78, 5) is 0. The minimum Gasteiger partial charge on any atom is -0.389 e. The predicted molar refractivity (Wildman–Crippen MR) is 64.0 cm³/mol. The maximum absolute atomic E-state index is 9.53. The molecule has 0 saturated heterocycles. The fraction of sp³-hybridized carbons (Fsp3) is 1.00. The second-order valence-corrected chi connectivity index (χ2v) is 5.09. The predicted octanol–water partition coefficient (Wildman–Crippen LogP) is 1.66. The van der Waals surface area contributed by atoms with Gasteiger partial charge in [0.15, 0.2) is 0 Å². The smallest absolute Gasteiger partial charge is 0.0897 e. The first-order chi connectivity index (χ1) is 6.90. The molecule has 0 saturated carbocycles. The number of rotatable bonds is 8. The van der Waals surface area contributed by atoms with Gasteiger partial charge in [-0.2, -0.15) is 0 Å². The molecule has 1 atom stereocenters. The highest BCUT2D eigenvalue weighted by molar-refractivity contribution is 4.75. The molecule has 0 heterocycles. The van der Waals surface area contributed by atoms with Crippen LogP contribution in [0.5, 0.6) is 0 Å². The lowest BCUT2D eigenvalue weighted by atomic mass is 9.81. The molecule has 2 N–H and O–H groups in total. The maximum atomic E-state index is 9.53. The van der Waals surface area contributed by atoms with Gasteiger partial charge in [-0.25, -0.2) is 0 Å². The molecule has 0 radical (unpaired) electrons. The quantitative estimate of drug-likeness (QED) is 0.649. The molecule has 0 rings (SSSR count). The molecular formula is C12H27NO2. The number of ether oxygens (including phenoxy) is 1. The van der Waals surface area contributed by atoms with Crippen LogP contribution in [0.4, 0.5) is 0 Å². The fourth-order valence-electron chi connectivity index (χ4n) is 1.08. The van der Waals surface area contributed by atoms with E-state index >= 15 is 0 Å². The normalized spacial score (nSPS) is 14.6. The van der Waals surface area contributed by atoms with Crippen LogP contribution in [0.25, 0.3) is 0 Å². The first-order valence-corrected chi connectivity index (χ1v) is 5.86. The number of aliphatic hydroxyl groups is 1. The van der Waals surface area contributed by atoms with Crippen molar-refractivity contribution in [2.24, 2.45) is 11.3 Å². The Bertz CT molecular complexity index is 158. The van der Waals surface area contributed by atoms with Gasteiger partial charge in [0.2, 0.25) is 0 Å². The molecule has 15 heavy (non-hydrogen) atoms. The summed E-state index contributed by atoms with van der Waals surface area (Å²) in [6.45, 7) is 13.5. The third kappa shape index (κ3) is 6.88. The summed E-state index contributed by atoms with van der Waals surface area (Å²) < 4.78 is 5.14. The van der Waals surface area contributed by atoms with E-state index in [-0.39, 0.29) is 5.41 Å². The Morgan fingerprint density at radius 2 is 1.93 bits per heavy atom. The molecular weight excluding hydrogens is 190 g/mol. The first kappa shape index (κ1) is 14.9. The van der Waals surface area contributed by atoms with Crippen molar-refractivity contribution in [3.8, 4) is 0 Å². The molecule has 0 bridgehead atoms. The summed E-state index contributed by atoms with van der Waals surface area (Å²) >= 11 is 0. The SMILES string of the molecule is CCOCC(O)CNCC(C)(C)C(C)C. The Kier molecular flexibility index (Phi) is 7.14. The summed E-state index contributed by atoms with van der Waals surface area (Å²) in [5, 5.41) is 12.8. The lowest BCUT2D eigenvalue weighted by Gasteiger charge is -2.30. The van der Waals surface area contributed by atoms with E-state index in [2.05, 4.69) is 33.0 Å². The van der Waals surface area contributed by atoms with Crippen LogP contribution in [0.1, 0.15) is 34.6 Å². The van der Waals surface area contributed by atoms with Crippen molar-refractivity contribution in [3.63, 3.8) is 0 Å². The zero-order valence-electron chi connectivity index (χ0n) is 10.8. The van der Waals surface area contributed by atoms with Gasteiger partial charge in [0.05, 0.1) is 12.7 Å². The van der Waals surface area contributed by atoms with Gasteiger partial charge in [0.25, 0.3) is 0 Å². The van der Waals surface area contributed by atoms with Crippen LogP contribution in [0, 0.1) is 11.3 Å². The maximum Gasteiger partial charge on any atom is 0.0897 e. The third-order valence-electron chi connectivity index (χ3n) is 3.04. The van der Waals surface area contributed by atoms with Gasteiger partial charge in [-0.05, 0) is 18.3 Å². The lowest BCUT2D eigenvalue weighted by Crippen LogP contribution is -2.38. The largest absolute Gasteiger partial charge is 0.389 e. The van der Waals surface area contributed by atoms with Crippen molar-refractivity contribution in [2.75, 3.05) is 26.3 Å². The molecule has 0 aliphatic heterocycles. The number of nitrogens with one attached hydrogen (secondary N) is 1. The van der Waals surface area contributed by atoms with Gasteiger partial charge in [-0.1, -0.05) is 27.7 Å². The highest BCUT2D eigenvalue weighted by Crippen LogP contribution is 2.24. The lowest BCUT2D eigenvalue weighted by molar-refractivity contribution is 0.0409. The van der Waals surface area contributed by atoms with Crippen molar-refractivity contribution >= 4 is 0 Å². The molecule has 0 aromatic carbocycles. The van der Waals surface area contributed by atoms with Gasteiger partial charge >= 0.3 is 0 Å². The number of aliphatic hydroxyl groups excluding tert-OH is 1. The van der Waals surface area contributed by atoms with Crippen LogP contribution >= 0.6 is 0 Å². The Labute approximate surface area is 94.2 Å². The van der Waals surface area contributed by atoms with Crippen LogP contribution < -0.4 is 5.32 Å². The molecule has 0 aromatic heterocycles. The molecule has 1 unspecified atom stereocenters. The van der Waals surface area contributed by atoms with E-state index in [4.69, 9.17) is 4.74 Å². The average Bonchev–Trinajstić information content (AvgIpc) is 2.14. The second-order valence-electron chi connectivity index (χ2n) is 5.09. The summed E-state index contributed by atoms with van der Waals surface area (Å²) in [6, 6.07) is 0. The van der Waals surface area contributed by atoms with Crippen LogP contribution in [-0.4, -0.2) is 37.5 Å². The van der Waals surface area contributed by atoms with Gasteiger partial charge in [0.1, 0.15) is 0 Å². The van der Waals surface area contributed by atoms with E-state index in [1.54, 1.807) is 0 Å². The Morgan fingerprint density at radius 1 is 1.33 bits per heavy atom. The Balaban J connectivity index is 3.60. The molecule has 0 aromatic rings. The zero-order chi connectivity index (χ0) is 11.9. The summed E-state index contributed by atoms with van der Waals surface area (Å²) in [5.74, 6) is 0.633. The summed E-state index contributed by atoms with van der Waals surface area (Å²) in [5.41, 5.74) is 0.269. The van der Waals surface area contributed by atoms with E-state index in [0.717, 1.165) is 6.54 Å². The van der Waals surface area contributed by atoms with Gasteiger partial charge < -0.3 is 15.2 Å². The standard InChI is InChI=1S/C12H27NO2/c1-6-15-8-11(14)7-13-9-12(4,5)10(2)3/h10-11,13-14H,6-9H2,1-5H3. The van der Waals surface area contributed by atoms with E-state index in [9.17, 15) is 5.11 Å². The van der Waals surface area contributed by atoms with Crippen LogP contribution in [0.15, 0.2) is 0 Å². The molecule has 0 spiro atoms. The molecule has 0 aliphatic rings. The van der Waals surface area contributed by atoms with Crippen LogP contribution in [-0.2, 0) is 4.74 Å². The van der Waals surface area contributed by atoms with Gasteiger partial charge in [-0.3, -0.25) is 0 Å². The van der Waals surface area contributed by atoms with Gasteiger partial charge in [-0.15, -0.1) is 0 Å². The molecule has 3 nitrogen and oxygen atoms in total. The van der Waals surface area contributed by atoms with E-state index < -0.39 is 6.10 Å². The van der Waals surface area contributed by atoms with E-state index in [0.29, 0.717) is 25.7 Å². The minimum atomic E-state index is -0.395. The van der Waals surface area contributed by atoms with Crippen LogP contribution in [0.2, 0.25) is 0 Å².